The maximum absolute atomic E-state index is 8.99. The van der Waals surface area contributed by atoms with E-state index in [1.165, 1.54) is 0 Å². The van der Waals surface area contributed by atoms with Gasteiger partial charge in [-0.3, -0.25) is 4.52 Å². The normalized spacial score (nSPS) is 10.6. The molecule has 0 spiro atoms. The van der Waals surface area contributed by atoms with Crippen molar-refractivity contribution in [2.24, 2.45) is 0 Å². The summed E-state index contributed by atoms with van der Waals surface area (Å²) in [6.45, 7) is 0.321. The van der Waals surface area contributed by atoms with Crippen molar-refractivity contribution >= 4 is 11.6 Å². The summed E-state index contributed by atoms with van der Waals surface area (Å²) >= 11 is 6.09. The molecule has 6 heteroatoms. The van der Waals surface area contributed by atoms with Gasteiger partial charge in [0.1, 0.15) is 6.61 Å². The van der Waals surface area contributed by atoms with Crippen molar-refractivity contribution in [2.45, 2.75) is 13.2 Å². The van der Waals surface area contributed by atoms with Gasteiger partial charge in [0.15, 0.2) is 0 Å². The molecule has 3 aromatic rings. The molecule has 0 aliphatic carbocycles. The van der Waals surface area contributed by atoms with Gasteiger partial charge in [-0.2, -0.15) is 4.98 Å². The third-order valence-electron chi connectivity index (χ3n) is 3.09. The zero-order chi connectivity index (χ0) is 15.4. The van der Waals surface area contributed by atoms with Crippen LogP contribution in [0.1, 0.15) is 11.1 Å². The van der Waals surface area contributed by atoms with E-state index in [-0.39, 0.29) is 12.7 Å². The molecule has 0 saturated heterocycles. The third kappa shape index (κ3) is 3.27. The Morgan fingerprint density at radius 3 is 2.50 bits per heavy atom. The highest BCUT2D eigenvalue weighted by atomic mass is 35.5. The van der Waals surface area contributed by atoms with Gasteiger partial charge in [-0.25, -0.2) is 0 Å². The van der Waals surface area contributed by atoms with Crippen molar-refractivity contribution in [3.8, 4) is 17.5 Å². The molecule has 2 aromatic carbocycles. The summed E-state index contributed by atoms with van der Waals surface area (Å²) in [4.78, 5) is 4.17. The fourth-order valence-electron chi connectivity index (χ4n) is 1.91. The van der Waals surface area contributed by atoms with Gasteiger partial charge in [0, 0.05) is 5.56 Å². The smallest absolute Gasteiger partial charge is 0.417 e. The SMILES string of the molecule is OCc1ccc(COc2nc(-c3ccccc3Cl)no2)cc1. The molecule has 0 fully saturated rings. The van der Waals surface area contributed by atoms with Crippen LogP contribution in [0.3, 0.4) is 0 Å². The first-order valence-electron chi connectivity index (χ1n) is 6.66. The molecular weight excluding hydrogens is 304 g/mol. The van der Waals surface area contributed by atoms with E-state index in [4.69, 9.17) is 26.0 Å². The number of hydrogen-bond donors (Lipinski definition) is 1. The molecule has 0 unspecified atom stereocenters. The number of aromatic nitrogens is 2. The predicted molar refractivity (Wildman–Crippen MR) is 81.4 cm³/mol. The molecule has 112 valence electrons. The van der Waals surface area contributed by atoms with Gasteiger partial charge >= 0.3 is 6.08 Å². The highest BCUT2D eigenvalue weighted by Crippen LogP contribution is 2.26. The Morgan fingerprint density at radius 2 is 1.77 bits per heavy atom. The number of hydrogen-bond acceptors (Lipinski definition) is 5. The Hall–Kier alpha value is -2.37. The van der Waals surface area contributed by atoms with Crippen LogP contribution in [0.2, 0.25) is 5.02 Å². The molecule has 0 radical (unpaired) electrons. The fourth-order valence-corrected chi connectivity index (χ4v) is 2.13. The minimum absolute atomic E-state index is 0.0198. The largest absolute Gasteiger partial charge is 0.444 e. The van der Waals surface area contributed by atoms with Crippen molar-refractivity contribution in [3.05, 3.63) is 64.7 Å². The predicted octanol–water partition coefficient (Wildman–Crippen LogP) is 3.46. The number of benzene rings is 2. The lowest BCUT2D eigenvalue weighted by Gasteiger charge is -2.02. The summed E-state index contributed by atoms with van der Waals surface area (Å²) in [6, 6.07) is 14.7. The van der Waals surface area contributed by atoms with E-state index in [0.29, 0.717) is 23.0 Å². The lowest BCUT2D eigenvalue weighted by molar-refractivity contribution is 0.195. The molecule has 0 atom stereocenters. The van der Waals surface area contributed by atoms with Crippen LogP contribution in [-0.2, 0) is 13.2 Å². The van der Waals surface area contributed by atoms with Gasteiger partial charge in [-0.15, -0.1) is 0 Å². The first kappa shape index (κ1) is 14.6. The Labute approximate surface area is 132 Å². The molecule has 1 N–H and O–H groups in total. The molecule has 5 nitrogen and oxygen atoms in total. The maximum atomic E-state index is 8.99. The Bertz CT molecular complexity index is 756. The second-order valence-electron chi connectivity index (χ2n) is 4.63. The molecule has 1 heterocycles. The Balaban J connectivity index is 1.68. The second-order valence-corrected chi connectivity index (χ2v) is 5.03. The summed E-state index contributed by atoms with van der Waals surface area (Å²) in [5.41, 5.74) is 2.48. The molecule has 0 aliphatic rings. The summed E-state index contributed by atoms with van der Waals surface area (Å²) in [6.07, 6.45) is 0.0844. The molecule has 0 amide bonds. The molecule has 3 rings (SSSR count). The van der Waals surface area contributed by atoms with Crippen LogP contribution in [0.4, 0.5) is 0 Å². The molecule has 22 heavy (non-hydrogen) atoms. The second kappa shape index (κ2) is 6.60. The first-order valence-corrected chi connectivity index (χ1v) is 7.04. The third-order valence-corrected chi connectivity index (χ3v) is 3.42. The van der Waals surface area contributed by atoms with Gasteiger partial charge in [0.25, 0.3) is 0 Å². The highest BCUT2D eigenvalue weighted by molar-refractivity contribution is 6.33. The molecular formula is C16H13ClN2O3. The van der Waals surface area contributed by atoms with Crippen LogP contribution in [0.25, 0.3) is 11.4 Å². The van der Waals surface area contributed by atoms with Crippen molar-refractivity contribution in [3.63, 3.8) is 0 Å². The van der Waals surface area contributed by atoms with E-state index in [2.05, 4.69) is 10.1 Å². The topological polar surface area (TPSA) is 68.4 Å². The quantitative estimate of drug-likeness (QED) is 0.780. The van der Waals surface area contributed by atoms with E-state index in [1.54, 1.807) is 6.07 Å². The summed E-state index contributed by atoms with van der Waals surface area (Å²) in [7, 11) is 0. The average Bonchev–Trinajstić information content (AvgIpc) is 3.02. The van der Waals surface area contributed by atoms with Gasteiger partial charge in [0.2, 0.25) is 5.82 Å². The minimum Gasteiger partial charge on any atom is -0.444 e. The van der Waals surface area contributed by atoms with Gasteiger partial charge in [-0.05, 0) is 23.3 Å². The molecule has 0 saturated carbocycles. The highest BCUT2D eigenvalue weighted by Gasteiger charge is 2.12. The van der Waals surface area contributed by atoms with E-state index in [0.717, 1.165) is 11.1 Å². The van der Waals surface area contributed by atoms with Crippen molar-refractivity contribution in [2.75, 3.05) is 0 Å². The monoisotopic (exact) mass is 316 g/mol. The summed E-state index contributed by atoms with van der Waals surface area (Å²) < 4.78 is 10.5. The van der Waals surface area contributed by atoms with Crippen molar-refractivity contribution in [1.82, 2.24) is 10.1 Å². The number of nitrogens with zero attached hydrogens (tertiary/aromatic N) is 2. The van der Waals surface area contributed by atoms with E-state index >= 15 is 0 Å². The number of aliphatic hydroxyl groups excluding tert-OH is 1. The maximum Gasteiger partial charge on any atom is 0.417 e. The van der Waals surface area contributed by atoms with Gasteiger partial charge in [0.05, 0.1) is 11.6 Å². The average molecular weight is 317 g/mol. The minimum atomic E-state index is 0.0198. The standard InChI is InChI=1S/C16H13ClN2O3/c17-14-4-2-1-3-13(14)15-18-16(22-19-15)21-10-12-7-5-11(9-20)6-8-12/h1-8,20H,9-10H2. The summed E-state index contributed by atoms with van der Waals surface area (Å²) in [5, 5.41) is 13.4. The number of halogens is 1. The fraction of sp³-hybridized carbons (Fsp3) is 0.125. The zero-order valence-corrected chi connectivity index (χ0v) is 12.3. The molecule has 0 bridgehead atoms. The van der Waals surface area contributed by atoms with Crippen LogP contribution in [-0.4, -0.2) is 15.2 Å². The van der Waals surface area contributed by atoms with E-state index in [1.807, 2.05) is 42.5 Å². The van der Waals surface area contributed by atoms with E-state index < -0.39 is 0 Å². The number of rotatable bonds is 5. The van der Waals surface area contributed by atoms with Gasteiger partial charge < -0.3 is 9.84 Å². The Kier molecular flexibility index (Phi) is 4.37. The number of aliphatic hydroxyl groups is 1. The first-order chi connectivity index (χ1) is 10.8. The number of ether oxygens (including phenoxy) is 1. The van der Waals surface area contributed by atoms with Crippen molar-refractivity contribution < 1.29 is 14.4 Å². The van der Waals surface area contributed by atoms with Gasteiger partial charge in [-0.1, -0.05) is 53.2 Å². The lowest BCUT2D eigenvalue weighted by atomic mass is 10.1. The summed E-state index contributed by atoms with van der Waals surface area (Å²) in [5.74, 6) is 0.385. The lowest BCUT2D eigenvalue weighted by Crippen LogP contribution is -1.96. The van der Waals surface area contributed by atoms with Crippen LogP contribution in [0.15, 0.2) is 53.1 Å². The van der Waals surface area contributed by atoms with Crippen LogP contribution in [0, 0.1) is 0 Å². The van der Waals surface area contributed by atoms with Crippen LogP contribution < -0.4 is 4.74 Å². The van der Waals surface area contributed by atoms with Crippen molar-refractivity contribution in [1.29, 1.82) is 0 Å². The molecule has 1 aromatic heterocycles. The Morgan fingerprint density at radius 1 is 1.05 bits per heavy atom. The van der Waals surface area contributed by atoms with E-state index in [9.17, 15) is 0 Å². The molecule has 0 aliphatic heterocycles. The zero-order valence-electron chi connectivity index (χ0n) is 11.6. The van der Waals surface area contributed by atoms with Crippen LogP contribution >= 0.6 is 11.6 Å². The van der Waals surface area contributed by atoms with Crippen LogP contribution in [0.5, 0.6) is 6.08 Å².